The zero-order chi connectivity index (χ0) is 19.7. The van der Waals surface area contributed by atoms with E-state index in [4.69, 9.17) is 11.6 Å². The number of hydrogen-bond donors (Lipinski definition) is 1. The summed E-state index contributed by atoms with van der Waals surface area (Å²) in [5, 5.41) is 8.40. The number of benzene rings is 1. The number of nitrogens with one attached hydrogen (secondary N) is 1. The van der Waals surface area contributed by atoms with Crippen LogP contribution < -0.4 is 0 Å². The van der Waals surface area contributed by atoms with E-state index in [9.17, 15) is 4.79 Å². The van der Waals surface area contributed by atoms with Gasteiger partial charge in [-0.05, 0) is 49.8 Å². The van der Waals surface area contributed by atoms with Gasteiger partial charge in [-0.1, -0.05) is 36.7 Å². The molecule has 1 fully saturated rings. The molecule has 3 heterocycles. The third kappa shape index (κ3) is 3.70. The predicted molar refractivity (Wildman–Crippen MR) is 112 cm³/mol. The molecule has 1 aromatic heterocycles. The van der Waals surface area contributed by atoms with Crippen molar-refractivity contribution in [3.8, 4) is 0 Å². The van der Waals surface area contributed by atoms with Crippen molar-refractivity contribution in [3.63, 3.8) is 0 Å². The van der Waals surface area contributed by atoms with Crippen LogP contribution in [0.4, 0.5) is 0 Å². The minimum Gasteiger partial charge on any atom is -0.337 e. The molecular weight excluding hydrogens is 372 g/mol. The second-order valence-corrected chi connectivity index (χ2v) is 8.48. The number of nitrogens with zero attached hydrogens (tertiary/aromatic N) is 3. The number of H-pyrrole nitrogens is 1. The Morgan fingerprint density at radius 2 is 2.07 bits per heavy atom. The highest BCUT2D eigenvalue weighted by Gasteiger charge is 2.31. The summed E-state index contributed by atoms with van der Waals surface area (Å²) in [5.41, 5.74) is 5.21. The molecule has 0 spiro atoms. The molecule has 1 aromatic carbocycles. The van der Waals surface area contributed by atoms with E-state index in [1.807, 2.05) is 17.9 Å². The van der Waals surface area contributed by atoms with Gasteiger partial charge < -0.3 is 4.90 Å². The first-order valence-electron chi connectivity index (χ1n) is 10.4. The monoisotopic (exact) mass is 400 g/mol. The Balaban J connectivity index is 1.44. The van der Waals surface area contributed by atoms with Crippen molar-refractivity contribution in [1.82, 2.24) is 20.0 Å². The van der Waals surface area contributed by atoms with Gasteiger partial charge in [0, 0.05) is 48.9 Å². The third-order valence-corrected chi connectivity index (χ3v) is 6.71. The zero-order valence-corrected chi connectivity index (χ0v) is 17.6. The highest BCUT2D eigenvalue weighted by atomic mass is 35.5. The van der Waals surface area contributed by atoms with Crippen molar-refractivity contribution in [2.75, 3.05) is 26.2 Å². The van der Waals surface area contributed by atoms with Crippen LogP contribution in [0.5, 0.6) is 0 Å². The van der Waals surface area contributed by atoms with Crippen LogP contribution >= 0.6 is 11.6 Å². The van der Waals surface area contributed by atoms with Gasteiger partial charge in [-0.25, -0.2) is 0 Å². The first kappa shape index (κ1) is 19.5. The fraction of sp³-hybridized carbons (Fsp3) is 0.545. The summed E-state index contributed by atoms with van der Waals surface area (Å²) in [7, 11) is 0. The molecule has 150 valence electrons. The van der Waals surface area contributed by atoms with Crippen LogP contribution in [0.3, 0.4) is 0 Å². The lowest BCUT2D eigenvalue weighted by molar-refractivity contribution is 0.0704. The van der Waals surface area contributed by atoms with Crippen molar-refractivity contribution in [1.29, 1.82) is 0 Å². The molecule has 1 saturated heterocycles. The molecule has 6 heteroatoms. The Labute approximate surface area is 172 Å². The van der Waals surface area contributed by atoms with E-state index in [0.29, 0.717) is 11.6 Å². The van der Waals surface area contributed by atoms with Crippen LogP contribution in [-0.4, -0.2) is 52.1 Å². The minimum absolute atomic E-state index is 0.0737. The maximum Gasteiger partial charge on any atom is 0.274 e. The van der Waals surface area contributed by atoms with E-state index in [0.717, 1.165) is 80.3 Å². The molecule has 2 aliphatic heterocycles. The lowest BCUT2D eigenvalue weighted by Gasteiger charge is -2.33. The van der Waals surface area contributed by atoms with Gasteiger partial charge in [0.1, 0.15) is 0 Å². The standard InChI is InChI=1S/C22H29ClN4O/c1-3-10-26-11-9-19-18(14-26)21(25-24-19)22(28)27-12-7-16(8-13-27)17-6-4-5-15(2)20(17)23/h4-6,16H,3,7-14H2,1-2H3,(H,24,25). The topological polar surface area (TPSA) is 52.2 Å². The average molecular weight is 401 g/mol. The summed E-state index contributed by atoms with van der Waals surface area (Å²) < 4.78 is 0. The van der Waals surface area contributed by atoms with Gasteiger partial charge in [0.15, 0.2) is 5.69 Å². The van der Waals surface area contributed by atoms with Crippen LogP contribution in [-0.2, 0) is 13.0 Å². The first-order chi connectivity index (χ1) is 13.6. The molecule has 2 aromatic rings. The minimum atomic E-state index is 0.0737. The Bertz CT molecular complexity index is 854. The molecule has 0 unspecified atom stereocenters. The number of aromatic nitrogens is 2. The number of carbonyl (C=O) groups excluding carboxylic acids is 1. The largest absolute Gasteiger partial charge is 0.337 e. The number of hydrogen-bond acceptors (Lipinski definition) is 3. The van der Waals surface area contributed by atoms with Gasteiger partial charge in [-0.2, -0.15) is 5.10 Å². The number of carbonyl (C=O) groups is 1. The molecule has 0 saturated carbocycles. The van der Waals surface area contributed by atoms with E-state index in [1.165, 1.54) is 5.56 Å². The van der Waals surface area contributed by atoms with Crippen LogP contribution in [0.1, 0.15) is 65.0 Å². The number of piperidine rings is 1. The summed E-state index contributed by atoms with van der Waals surface area (Å²) in [6.45, 7) is 8.70. The summed E-state index contributed by atoms with van der Waals surface area (Å²) in [6, 6.07) is 6.25. The lowest BCUT2D eigenvalue weighted by atomic mass is 9.88. The van der Waals surface area contributed by atoms with E-state index in [1.54, 1.807) is 0 Å². The van der Waals surface area contributed by atoms with Crippen LogP contribution in [0.15, 0.2) is 18.2 Å². The van der Waals surface area contributed by atoms with E-state index in [2.05, 4.69) is 34.2 Å². The number of halogens is 1. The number of aryl methyl sites for hydroxylation is 1. The summed E-state index contributed by atoms with van der Waals surface area (Å²) in [5.74, 6) is 0.495. The van der Waals surface area contributed by atoms with Crippen molar-refractivity contribution in [2.24, 2.45) is 0 Å². The maximum atomic E-state index is 13.2. The summed E-state index contributed by atoms with van der Waals surface area (Å²) in [4.78, 5) is 17.5. The van der Waals surface area contributed by atoms with Gasteiger partial charge in [-0.3, -0.25) is 14.8 Å². The highest BCUT2D eigenvalue weighted by Crippen LogP contribution is 2.35. The van der Waals surface area contributed by atoms with Crippen molar-refractivity contribution in [2.45, 2.75) is 52.0 Å². The third-order valence-electron chi connectivity index (χ3n) is 6.20. The Morgan fingerprint density at radius 3 is 2.82 bits per heavy atom. The molecule has 4 rings (SSSR count). The fourth-order valence-corrected chi connectivity index (χ4v) is 4.84. The van der Waals surface area contributed by atoms with Gasteiger partial charge in [-0.15, -0.1) is 0 Å². The van der Waals surface area contributed by atoms with E-state index < -0.39 is 0 Å². The normalized spacial score (nSPS) is 18.3. The molecule has 0 bridgehead atoms. The Kier molecular flexibility index (Phi) is 5.74. The SMILES string of the molecule is CCCN1CCc2[nH]nc(C(=O)N3CCC(c4cccc(C)c4Cl)CC3)c2C1. The average Bonchev–Trinajstić information content (AvgIpc) is 3.13. The second-order valence-electron chi connectivity index (χ2n) is 8.10. The molecule has 0 aliphatic carbocycles. The summed E-state index contributed by atoms with van der Waals surface area (Å²) >= 11 is 6.53. The number of amides is 1. The zero-order valence-electron chi connectivity index (χ0n) is 16.8. The molecule has 0 atom stereocenters. The molecule has 1 N–H and O–H groups in total. The number of aromatic amines is 1. The van der Waals surface area contributed by atoms with Crippen LogP contribution in [0, 0.1) is 6.92 Å². The molecule has 0 radical (unpaired) electrons. The molecule has 2 aliphatic rings. The summed E-state index contributed by atoms with van der Waals surface area (Å²) in [6.07, 6.45) is 3.97. The Morgan fingerprint density at radius 1 is 1.29 bits per heavy atom. The van der Waals surface area contributed by atoms with Gasteiger partial charge >= 0.3 is 0 Å². The van der Waals surface area contributed by atoms with Crippen LogP contribution in [0.2, 0.25) is 5.02 Å². The van der Waals surface area contributed by atoms with Crippen molar-refractivity contribution in [3.05, 3.63) is 51.3 Å². The first-order valence-corrected chi connectivity index (χ1v) is 10.8. The second kappa shape index (κ2) is 8.26. The van der Waals surface area contributed by atoms with Crippen molar-refractivity contribution >= 4 is 17.5 Å². The maximum absolute atomic E-state index is 13.2. The van der Waals surface area contributed by atoms with Crippen LogP contribution in [0.25, 0.3) is 0 Å². The number of fused-ring (bicyclic) bond motifs is 1. The quantitative estimate of drug-likeness (QED) is 0.838. The molecule has 28 heavy (non-hydrogen) atoms. The lowest BCUT2D eigenvalue weighted by Crippen LogP contribution is -2.39. The number of rotatable bonds is 4. The van der Waals surface area contributed by atoms with Crippen molar-refractivity contribution < 1.29 is 4.79 Å². The van der Waals surface area contributed by atoms with Gasteiger partial charge in [0.05, 0.1) is 0 Å². The molecule has 5 nitrogen and oxygen atoms in total. The van der Waals surface area contributed by atoms with E-state index >= 15 is 0 Å². The molecule has 1 amide bonds. The Hall–Kier alpha value is -1.85. The highest BCUT2D eigenvalue weighted by molar-refractivity contribution is 6.32. The fourth-order valence-electron chi connectivity index (χ4n) is 4.56. The smallest absolute Gasteiger partial charge is 0.274 e. The predicted octanol–water partition coefficient (Wildman–Crippen LogP) is 4.16. The number of likely N-dealkylation sites (tertiary alicyclic amines) is 1. The molecular formula is C22H29ClN4O. The van der Waals surface area contributed by atoms with E-state index in [-0.39, 0.29) is 5.91 Å². The van der Waals surface area contributed by atoms with Gasteiger partial charge in [0.2, 0.25) is 0 Å². The van der Waals surface area contributed by atoms with Gasteiger partial charge in [0.25, 0.3) is 5.91 Å².